The van der Waals surface area contributed by atoms with E-state index < -0.39 is 277 Å². The van der Waals surface area contributed by atoms with Crippen molar-refractivity contribution < 1.29 is 204 Å². The van der Waals surface area contributed by atoms with Crippen LogP contribution in [0.15, 0.2) is 0 Å². The van der Waals surface area contributed by atoms with Gasteiger partial charge >= 0.3 is 78.2 Å². The highest BCUT2D eigenvalue weighted by Crippen LogP contribution is 2.52. The molecule has 63 heteroatoms. The molecule has 0 rings (SSSR count). The minimum absolute atomic E-state index is 0.00535. The second-order valence-corrected chi connectivity index (χ2v) is 36.1. The van der Waals surface area contributed by atoms with Gasteiger partial charge in [-0.2, -0.15) is 22.2 Å². The molecule has 0 aromatic heterocycles. The van der Waals surface area contributed by atoms with Gasteiger partial charge in [-0.1, -0.05) is 0 Å². The number of phosphoric acid groups is 10. The Morgan fingerprint density at radius 2 is 0.298 bits per heavy atom. The highest BCUT2D eigenvalue weighted by atomic mass is 31.2. The van der Waals surface area contributed by atoms with Crippen molar-refractivity contribution in [3.63, 3.8) is 0 Å². The van der Waals surface area contributed by atoms with Gasteiger partial charge in [-0.25, -0.2) is 45.7 Å². The Hall–Kier alpha value is 0.460. The largest absolute Gasteiger partial charge is 0.472 e. The van der Waals surface area contributed by atoms with E-state index in [2.05, 4.69) is 35.6 Å². The zero-order chi connectivity index (χ0) is 79.4. The van der Waals surface area contributed by atoms with Crippen LogP contribution in [0.4, 0.5) is 17.9 Å². The average Bonchev–Trinajstić information content (AvgIpc) is 0.893. The van der Waals surface area contributed by atoms with Crippen LogP contribution < -0.4 is 48.7 Å². The van der Waals surface area contributed by atoms with Crippen LogP contribution in [0.1, 0.15) is 0 Å². The molecule has 0 heterocycles. The third kappa shape index (κ3) is 57.5. The average molecular weight is 1740 g/mol. The van der Waals surface area contributed by atoms with Crippen molar-refractivity contribution >= 4 is 78.2 Å². The van der Waals surface area contributed by atoms with Crippen molar-refractivity contribution in [3.8, 4) is 0 Å². The van der Waals surface area contributed by atoms with Crippen molar-refractivity contribution in [3.05, 3.63) is 0 Å². The third-order valence-corrected chi connectivity index (χ3v) is 21.0. The molecular formula is C41H99F4N9O40P10. The van der Waals surface area contributed by atoms with Crippen LogP contribution in [0.25, 0.3) is 0 Å². The second-order valence-electron chi connectivity index (χ2n) is 22.0. The van der Waals surface area contributed by atoms with E-state index in [1.807, 2.05) is 0 Å². The van der Waals surface area contributed by atoms with Crippen LogP contribution in [0.2, 0.25) is 0 Å². The van der Waals surface area contributed by atoms with Crippen LogP contribution in [-0.2, 0) is 127 Å². The van der Waals surface area contributed by atoms with E-state index in [0.717, 1.165) is 0 Å². The lowest BCUT2D eigenvalue weighted by Crippen LogP contribution is -2.29. The van der Waals surface area contributed by atoms with Gasteiger partial charge in [0, 0.05) is 112 Å². The summed E-state index contributed by atoms with van der Waals surface area (Å²) in [5.74, 6) is -10.1. The summed E-state index contributed by atoms with van der Waals surface area (Å²) in [6, 6.07) is 0. The molecule has 49 nitrogen and oxygen atoms in total. The van der Waals surface area contributed by atoms with E-state index in [1.54, 1.807) is 0 Å². The molecule has 0 saturated carbocycles. The number of phosphoric ester groups is 10. The summed E-state index contributed by atoms with van der Waals surface area (Å²) in [5.41, 5.74) is 4.88. The first kappa shape index (κ1) is 104. The second kappa shape index (κ2) is 54.3. The molecule has 0 radical (unpaired) electrons. The van der Waals surface area contributed by atoms with Crippen molar-refractivity contribution in [2.24, 2.45) is 53.3 Å². The molecule has 0 aliphatic carbocycles. The number of nitrogens with one attached hydrogen (secondary N) is 9. The Labute approximate surface area is 595 Å². The molecule has 0 aliphatic heterocycles. The standard InChI is InChI=1S/C41H99F4N9O40P10/c1-46-6-33(15-77-95(55,56)57)17-79-97(61,62)87-25-38(11-51-42)27-89-99(65,66)81-19-35(8-48-3)21-83-101(69,70)91-29-40(13-53-44)31-93-103(73,74)85-23-37(10-50-5)24-86-104(75,76)94-32-41(14-54-45)30-92-102(71,72)84-22-36(9-49-4)20-82-100(67,68)90-28-39(12-52-43)26-88-98(63,64)80-18-34(7-47-2)16-78-96(58,59)60/h33-41,46-54H,6-32H2,1-5H3,(H,61,62)(H,63,64)(H,65,66)(H,67,68)(H,69,70)(H,71,72)(H,73,74)(H,75,76)(H2,55,56,57)(H2,58,59,60). The van der Waals surface area contributed by atoms with Crippen LogP contribution in [0.3, 0.4) is 0 Å². The predicted molar refractivity (Wildman–Crippen MR) is 347 cm³/mol. The first-order valence-electron chi connectivity index (χ1n) is 30.2. The summed E-state index contributed by atoms with van der Waals surface area (Å²) < 4.78 is 264. The maximum absolute atomic E-state index is 13.3. The molecule has 626 valence electrons. The normalized spacial score (nSPS) is 20.0. The Morgan fingerprint density at radius 3 is 0.385 bits per heavy atom. The van der Waals surface area contributed by atoms with Crippen LogP contribution in [0, 0.1) is 53.3 Å². The molecule has 0 spiro atoms. The smallest absolute Gasteiger partial charge is 0.319 e. The van der Waals surface area contributed by atoms with Crippen molar-refractivity contribution in [1.29, 1.82) is 0 Å². The molecule has 16 unspecified atom stereocenters. The lowest BCUT2D eigenvalue weighted by molar-refractivity contribution is 0.0614. The van der Waals surface area contributed by atoms with E-state index in [0.29, 0.717) is 0 Å². The lowest BCUT2D eigenvalue weighted by atomic mass is 10.2. The van der Waals surface area contributed by atoms with Gasteiger partial charge in [0.25, 0.3) is 0 Å². The fourth-order valence-corrected chi connectivity index (χ4v) is 15.1. The van der Waals surface area contributed by atoms with Gasteiger partial charge in [0.2, 0.25) is 0 Å². The molecular weight excluding hydrogens is 1640 g/mol. The van der Waals surface area contributed by atoms with E-state index in [-0.39, 0.29) is 32.7 Å². The maximum Gasteiger partial charge on any atom is 0.472 e. The number of hydrogen-bond donors (Lipinski definition) is 21. The van der Waals surface area contributed by atoms with Crippen LogP contribution in [-0.4, -0.2) is 272 Å². The van der Waals surface area contributed by atoms with Crippen molar-refractivity contribution in [2.45, 2.75) is 0 Å². The summed E-state index contributed by atoms with van der Waals surface area (Å²) in [7, 11) is -43.1. The first-order chi connectivity index (χ1) is 48.3. The van der Waals surface area contributed by atoms with E-state index in [1.165, 1.54) is 57.4 Å². The molecule has 0 fully saturated rings. The highest BCUT2D eigenvalue weighted by Gasteiger charge is 2.36. The zero-order valence-electron chi connectivity index (χ0n) is 56.6. The monoisotopic (exact) mass is 1740 g/mol. The quantitative estimate of drug-likeness (QED) is 0.0213. The molecule has 0 aromatic rings. The molecule has 0 saturated heterocycles. The summed E-state index contributed by atoms with van der Waals surface area (Å²) in [6.07, 6.45) is 0. The summed E-state index contributed by atoms with van der Waals surface area (Å²) in [5, 5.41) is 13.3. The lowest BCUT2D eigenvalue weighted by Gasteiger charge is -2.23. The highest BCUT2D eigenvalue weighted by molar-refractivity contribution is 7.49. The summed E-state index contributed by atoms with van der Waals surface area (Å²) >= 11 is 0. The van der Waals surface area contributed by atoms with Crippen LogP contribution in [0.5, 0.6) is 0 Å². The Bertz CT molecular complexity index is 2660. The number of halogens is 4. The van der Waals surface area contributed by atoms with E-state index in [9.17, 15) is 103 Å². The SMILES string of the molecule is CNCC(COP(=O)(O)O)COP(=O)(O)OCC(CNF)COP(=O)(O)OCC(CNC)COP(=O)(O)OCC(CNF)COP(=O)(O)OCC(CNC)COP(=O)(O)OCC(CNF)COP(=O)(O)OCC(CNC)COP(=O)(O)OCC(CNF)COP(=O)(O)OCC(CNC)COP(=O)(O)O. The first-order valence-corrected chi connectivity index (χ1v) is 45.2. The molecule has 104 heavy (non-hydrogen) atoms. The van der Waals surface area contributed by atoms with Gasteiger partial charge in [-0.3, -0.25) is 81.4 Å². The molecule has 0 amide bonds. The Balaban J connectivity index is 5.34. The number of hydrogen-bond acceptors (Lipinski definition) is 37. The minimum Gasteiger partial charge on any atom is -0.319 e. The molecule has 21 N–H and O–H groups in total. The minimum atomic E-state index is -5.13. The Morgan fingerprint density at radius 1 is 0.202 bits per heavy atom. The summed E-state index contributed by atoms with van der Waals surface area (Å²) in [4.78, 5) is 118. The molecule has 0 bridgehead atoms. The zero-order valence-corrected chi connectivity index (χ0v) is 65.5. The van der Waals surface area contributed by atoms with E-state index >= 15 is 0 Å². The van der Waals surface area contributed by atoms with Gasteiger partial charge in [0.15, 0.2) is 0 Å². The molecule has 0 aromatic carbocycles. The van der Waals surface area contributed by atoms with Crippen LogP contribution >= 0.6 is 78.2 Å². The fraction of sp³-hybridized carbons (Fsp3) is 1.00. The van der Waals surface area contributed by atoms with Gasteiger partial charge in [0.1, 0.15) is 0 Å². The topological polar surface area (TPSA) is 688 Å². The van der Waals surface area contributed by atoms with Gasteiger partial charge in [0.05, 0.1) is 119 Å². The predicted octanol–water partition coefficient (Wildman–Crippen LogP) is -0.187. The third-order valence-electron chi connectivity index (χ3n) is 12.5. The van der Waals surface area contributed by atoms with Gasteiger partial charge in [-0.05, 0) is 35.2 Å². The van der Waals surface area contributed by atoms with Crippen molar-refractivity contribution in [2.75, 3.05) is 213 Å². The van der Waals surface area contributed by atoms with E-state index in [4.69, 9.17) is 92.0 Å². The molecule has 16 atom stereocenters. The Kier molecular flexibility index (Phi) is 54.5. The fourth-order valence-electron chi connectivity index (χ4n) is 7.27. The maximum atomic E-state index is 13.3. The number of rotatable bonds is 72. The molecule has 0 aliphatic rings. The van der Waals surface area contributed by atoms with Gasteiger partial charge in [-0.15, -0.1) is 17.9 Å². The van der Waals surface area contributed by atoms with Gasteiger partial charge < -0.3 is 85.3 Å². The summed E-state index contributed by atoms with van der Waals surface area (Å²) in [6.45, 7) is -17.2. The van der Waals surface area contributed by atoms with Crippen molar-refractivity contribution in [1.82, 2.24) is 48.7 Å².